The van der Waals surface area contributed by atoms with Crippen LogP contribution in [0.4, 0.5) is 9.59 Å². The van der Waals surface area contributed by atoms with E-state index in [1.54, 1.807) is 27.6 Å². The maximum absolute atomic E-state index is 13.1. The first-order chi connectivity index (χ1) is 18.4. The van der Waals surface area contributed by atoms with E-state index in [2.05, 4.69) is 16.3 Å². The molecular formula is C25H27N9O4. The van der Waals surface area contributed by atoms with Gasteiger partial charge in [0.2, 0.25) is 0 Å². The van der Waals surface area contributed by atoms with E-state index in [-0.39, 0.29) is 31.6 Å². The molecule has 1 atom stereocenters. The summed E-state index contributed by atoms with van der Waals surface area (Å²) in [5.41, 5.74) is 2.80. The van der Waals surface area contributed by atoms with Crippen LogP contribution >= 0.6 is 0 Å². The molecule has 0 saturated carbocycles. The molecule has 13 heteroatoms. The van der Waals surface area contributed by atoms with Crippen molar-refractivity contribution in [3.05, 3.63) is 36.4 Å². The Morgan fingerprint density at radius 3 is 2.55 bits per heavy atom. The van der Waals surface area contributed by atoms with Crippen LogP contribution in [0, 0.1) is 22.7 Å². The SMILES string of the molecule is COc1cc(-c2cnn(C3CCN(C(=O)N4CCN(C(=O)O)[C@@H](CC#N)C4)CC3)c2)cn2ncc(C#N)c12. The van der Waals surface area contributed by atoms with E-state index in [1.807, 2.05) is 29.2 Å². The number of hydrogen-bond donors (Lipinski definition) is 1. The molecule has 0 unspecified atom stereocenters. The van der Waals surface area contributed by atoms with Crippen molar-refractivity contribution in [3.63, 3.8) is 0 Å². The normalized spacial score (nSPS) is 18.3. The molecule has 5 heterocycles. The predicted octanol–water partition coefficient (Wildman–Crippen LogP) is 2.41. The van der Waals surface area contributed by atoms with E-state index in [1.165, 1.54) is 11.1 Å². The summed E-state index contributed by atoms with van der Waals surface area (Å²) in [5, 5.41) is 36.6. The number of hydrogen-bond acceptors (Lipinski definition) is 7. The Morgan fingerprint density at radius 1 is 1.08 bits per heavy atom. The van der Waals surface area contributed by atoms with Crippen molar-refractivity contribution in [2.24, 2.45) is 0 Å². The summed E-state index contributed by atoms with van der Waals surface area (Å²) in [5.74, 6) is 0.553. The molecule has 13 nitrogen and oxygen atoms in total. The highest BCUT2D eigenvalue weighted by molar-refractivity contribution is 5.76. The number of urea groups is 1. The Labute approximate surface area is 218 Å². The Balaban J connectivity index is 1.23. The van der Waals surface area contributed by atoms with Gasteiger partial charge in [0.15, 0.2) is 0 Å². The van der Waals surface area contributed by atoms with Crippen LogP contribution in [0.2, 0.25) is 0 Å². The molecule has 0 radical (unpaired) electrons. The second-order valence-corrected chi connectivity index (χ2v) is 9.41. The van der Waals surface area contributed by atoms with Crippen LogP contribution in [-0.2, 0) is 0 Å². The van der Waals surface area contributed by atoms with Gasteiger partial charge in [0, 0.05) is 56.2 Å². The van der Waals surface area contributed by atoms with Crippen LogP contribution < -0.4 is 4.74 Å². The third kappa shape index (κ3) is 4.54. The van der Waals surface area contributed by atoms with Crippen molar-refractivity contribution < 1.29 is 19.4 Å². The lowest BCUT2D eigenvalue weighted by atomic mass is 10.0. The highest BCUT2D eigenvalue weighted by Gasteiger charge is 2.35. The van der Waals surface area contributed by atoms with Crippen LogP contribution in [-0.4, -0.2) is 97.2 Å². The number of fused-ring (bicyclic) bond motifs is 1. The third-order valence-corrected chi connectivity index (χ3v) is 7.29. The number of rotatable bonds is 4. The number of piperidine rings is 1. The molecule has 2 fully saturated rings. The van der Waals surface area contributed by atoms with Crippen molar-refractivity contribution in [1.82, 2.24) is 34.1 Å². The zero-order valence-electron chi connectivity index (χ0n) is 20.9. The topological polar surface area (TPSA) is 156 Å². The molecule has 2 aliphatic heterocycles. The van der Waals surface area contributed by atoms with Crippen molar-refractivity contribution in [3.8, 4) is 29.0 Å². The number of pyridine rings is 1. The minimum absolute atomic E-state index is 0.0540. The van der Waals surface area contributed by atoms with Gasteiger partial charge in [-0.15, -0.1) is 0 Å². The van der Waals surface area contributed by atoms with E-state index in [4.69, 9.17) is 10.00 Å². The zero-order valence-corrected chi connectivity index (χ0v) is 20.9. The Hall–Kier alpha value is -4.78. The lowest BCUT2D eigenvalue weighted by Crippen LogP contribution is -2.59. The average Bonchev–Trinajstić information content (AvgIpc) is 3.60. The van der Waals surface area contributed by atoms with Gasteiger partial charge in [-0.1, -0.05) is 0 Å². The lowest BCUT2D eigenvalue weighted by molar-refractivity contribution is 0.0651. The summed E-state index contributed by atoms with van der Waals surface area (Å²) in [6, 6.07) is 5.52. The van der Waals surface area contributed by atoms with Gasteiger partial charge in [-0.3, -0.25) is 4.68 Å². The van der Waals surface area contributed by atoms with E-state index in [0.717, 1.165) is 24.0 Å². The molecular weight excluding hydrogens is 490 g/mol. The molecule has 1 N–H and O–H groups in total. The van der Waals surface area contributed by atoms with Crippen molar-refractivity contribution in [1.29, 1.82) is 10.5 Å². The molecule has 196 valence electrons. The molecule has 2 saturated heterocycles. The van der Waals surface area contributed by atoms with E-state index >= 15 is 0 Å². The Kier molecular flexibility index (Phi) is 6.75. The van der Waals surface area contributed by atoms with E-state index in [9.17, 15) is 20.0 Å². The summed E-state index contributed by atoms with van der Waals surface area (Å²) in [6.45, 7) is 1.86. The van der Waals surface area contributed by atoms with Crippen molar-refractivity contribution in [2.75, 3.05) is 39.8 Å². The summed E-state index contributed by atoms with van der Waals surface area (Å²) in [6.07, 6.45) is 7.55. The summed E-state index contributed by atoms with van der Waals surface area (Å²) in [7, 11) is 1.56. The number of carboxylic acid groups (broad SMARTS) is 1. The smallest absolute Gasteiger partial charge is 0.407 e. The number of nitrogens with zero attached hydrogens (tertiary/aromatic N) is 9. The van der Waals surface area contributed by atoms with Crippen molar-refractivity contribution >= 4 is 17.6 Å². The Bertz CT molecular complexity index is 1440. The molecule has 5 rings (SSSR count). The largest absolute Gasteiger partial charge is 0.494 e. The summed E-state index contributed by atoms with van der Waals surface area (Å²) < 4.78 is 9.06. The first kappa shape index (κ1) is 24.9. The highest BCUT2D eigenvalue weighted by Crippen LogP contribution is 2.31. The van der Waals surface area contributed by atoms with Crippen LogP contribution in [0.5, 0.6) is 5.75 Å². The van der Waals surface area contributed by atoms with E-state index in [0.29, 0.717) is 36.5 Å². The molecule has 3 amide bonds. The quantitative estimate of drug-likeness (QED) is 0.553. The monoisotopic (exact) mass is 517 g/mol. The second-order valence-electron chi connectivity index (χ2n) is 9.41. The van der Waals surface area contributed by atoms with Crippen LogP contribution in [0.15, 0.2) is 30.9 Å². The Morgan fingerprint density at radius 2 is 1.87 bits per heavy atom. The fourth-order valence-electron chi connectivity index (χ4n) is 5.25. The number of aromatic nitrogens is 4. The molecule has 0 aromatic carbocycles. The minimum Gasteiger partial charge on any atom is -0.494 e. The number of amides is 3. The van der Waals surface area contributed by atoms with Gasteiger partial charge in [0.05, 0.1) is 44.1 Å². The number of carbonyl (C=O) groups is 2. The summed E-state index contributed by atoms with van der Waals surface area (Å²) >= 11 is 0. The fraction of sp³-hybridized carbons (Fsp3) is 0.440. The summed E-state index contributed by atoms with van der Waals surface area (Å²) in [4.78, 5) is 29.3. The number of likely N-dealkylation sites (tertiary alicyclic amines) is 1. The van der Waals surface area contributed by atoms with Gasteiger partial charge in [0.1, 0.15) is 22.9 Å². The van der Waals surface area contributed by atoms with Gasteiger partial charge in [0.25, 0.3) is 0 Å². The fourth-order valence-corrected chi connectivity index (χ4v) is 5.25. The van der Waals surface area contributed by atoms with E-state index < -0.39 is 12.1 Å². The minimum atomic E-state index is -1.06. The molecule has 3 aromatic rings. The number of methoxy groups -OCH3 is 1. The number of nitriles is 2. The first-order valence-electron chi connectivity index (χ1n) is 12.3. The number of carbonyl (C=O) groups excluding carboxylic acids is 1. The van der Waals surface area contributed by atoms with Gasteiger partial charge in [-0.2, -0.15) is 20.7 Å². The highest BCUT2D eigenvalue weighted by atomic mass is 16.5. The number of piperazine rings is 1. The van der Waals surface area contributed by atoms with Gasteiger partial charge >= 0.3 is 12.1 Å². The first-order valence-corrected chi connectivity index (χ1v) is 12.3. The van der Waals surface area contributed by atoms with Crippen LogP contribution in [0.25, 0.3) is 16.6 Å². The maximum atomic E-state index is 13.1. The predicted molar refractivity (Wildman–Crippen MR) is 133 cm³/mol. The number of ether oxygens (including phenoxy) is 1. The van der Waals surface area contributed by atoms with Crippen LogP contribution in [0.3, 0.4) is 0 Å². The van der Waals surface area contributed by atoms with Gasteiger partial charge < -0.3 is 24.5 Å². The zero-order chi connectivity index (χ0) is 26.8. The standard InChI is InChI=1S/C25H27N9O4/c1-38-22-10-17(14-34-23(22)18(11-27)12-29-34)19-13-28-33(15-19)20-3-6-30(7-4-20)24(35)31-8-9-32(25(36)37)21(16-31)2-5-26/h10,12-15,20-21H,2-4,6-9,16H2,1H3,(H,36,37)/t21-/m0/s1. The molecule has 0 bridgehead atoms. The molecule has 2 aliphatic rings. The average molecular weight is 518 g/mol. The van der Waals surface area contributed by atoms with Gasteiger partial charge in [-0.25, -0.2) is 14.1 Å². The lowest BCUT2D eigenvalue weighted by Gasteiger charge is -2.42. The van der Waals surface area contributed by atoms with Crippen LogP contribution in [0.1, 0.15) is 30.9 Å². The molecule has 0 spiro atoms. The molecule has 0 aliphatic carbocycles. The van der Waals surface area contributed by atoms with Crippen molar-refractivity contribution in [2.45, 2.75) is 31.3 Å². The maximum Gasteiger partial charge on any atom is 0.407 e. The van der Waals surface area contributed by atoms with Gasteiger partial charge in [-0.05, 0) is 18.9 Å². The molecule has 3 aromatic heterocycles. The molecule has 38 heavy (non-hydrogen) atoms. The third-order valence-electron chi connectivity index (χ3n) is 7.29. The second kappa shape index (κ2) is 10.3.